The molecule has 0 aliphatic rings. The third kappa shape index (κ3) is 4.47. The second-order valence-electron chi connectivity index (χ2n) is 4.41. The molecule has 0 fully saturated rings. The molecule has 0 saturated carbocycles. The van der Waals surface area contributed by atoms with Gasteiger partial charge in [0.25, 0.3) is 0 Å². The summed E-state index contributed by atoms with van der Waals surface area (Å²) in [6.45, 7) is 5.99. The molecule has 1 unspecified atom stereocenters. The maximum atomic E-state index is 11.1. The Hall–Kier alpha value is -1.51. The first-order valence-corrected chi connectivity index (χ1v) is 6.00. The van der Waals surface area contributed by atoms with E-state index < -0.39 is 12.1 Å². The summed E-state index contributed by atoms with van der Waals surface area (Å²) in [6.07, 6.45) is 1.65. The fourth-order valence-electron chi connectivity index (χ4n) is 1.79. The standard InChI is InChI=1S/C14H20O3/c1-4-5-6-13(14(15)16)17-12-8-10(2)7-11(3)9-12/h7-9,13H,4-6H2,1-3H3,(H,15,16). The average Bonchev–Trinajstić information content (AvgIpc) is 2.22. The molecule has 1 N–H and O–H groups in total. The first-order valence-electron chi connectivity index (χ1n) is 6.00. The van der Waals surface area contributed by atoms with Crippen LogP contribution >= 0.6 is 0 Å². The highest BCUT2D eigenvalue weighted by atomic mass is 16.5. The summed E-state index contributed by atoms with van der Waals surface area (Å²) in [6, 6.07) is 5.78. The number of rotatable bonds is 6. The van der Waals surface area contributed by atoms with Crippen LogP contribution in [0.5, 0.6) is 5.75 Å². The minimum absolute atomic E-state index is 0.554. The van der Waals surface area contributed by atoms with E-state index in [1.807, 2.05) is 39.0 Å². The average molecular weight is 236 g/mol. The largest absolute Gasteiger partial charge is 0.479 e. The number of carboxylic acids is 1. The number of ether oxygens (including phenoxy) is 1. The van der Waals surface area contributed by atoms with Gasteiger partial charge in [-0.1, -0.05) is 19.4 Å². The molecule has 94 valence electrons. The lowest BCUT2D eigenvalue weighted by Gasteiger charge is -2.15. The van der Waals surface area contributed by atoms with Gasteiger partial charge in [-0.3, -0.25) is 0 Å². The minimum atomic E-state index is -0.891. The third-order valence-corrected chi connectivity index (χ3v) is 2.57. The van der Waals surface area contributed by atoms with Crippen molar-refractivity contribution in [2.45, 2.75) is 46.1 Å². The molecule has 0 bridgehead atoms. The summed E-state index contributed by atoms with van der Waals surface area (Å²) in [5.74, 6) is -0.247. The zero-order chi connectivity index (χ0) is 12.8. The van der Waals surface area contributed by atoms with Crippen LogP contribution in [0.15, 0.2) is 18.2 Å². The third-order valence-electron chi connectivity index (χ3n) is 2.57. The maximum absolute atomic E-state index is 11.1. The van der Waals surface area contributed by atoms with E-state index in [2.05, 4.69) is 0 Å². The van der Waals surface area contributed by atoms with Crippen molar-refractivity contribution in [2.75, 3.05) is 0 Å². The van der Waals surface area contributed by atoms with Crippen molar-refractivity contribution in [3.05, 3.63) is 29.3 Å². The van der Waals surface area contributed by atoms with Crippen LogP contribution in [-0.4, -0.2) is 17.2 Å². The zero-order valence-corrected chi connectivity index (χ0v) is 10.7. The fraction of sp³-hybridized carbons (Fsp3) is 0.500. The topological polar surface area (TPSA) is 46.5 Å². The second kappa shape index (κ2) is 6.28. The van der Waals surface area contributed by atoms with E-state index in [1.165, 1.54) is 0 Å². The van der Waals surface area contributed by atoms with Gasteiger partial charge in [0.15, 0.2) is 6.10 Å². The van der Waals surface area contributed by atoms with Crippen LogP contribution in [0.25, 0.3) is 0 Å². The fourth-order valence-corrected chi connectivity index (χ4v) is 1.79. The lowest BCUT2D eigenvalue weighted by molar-refractivity contribution is -0.145. The second-order valence-corrected chi connectivity index (χ2v) is 4.41. The summed E-state index contributed by atoms with van der Waals surface area (Å²) in [5, 5.41) is 9.07. The summed E-state index contributed by atoms with van der Waals surface area (Å²) < 4.78 is 5.54. The lowest BCUT2D eigenvalue weighted by atomic mass is 10.1. The molecular formula is C14H20O3. The van der Waals surface area contributed by atoms with Crippen molar-refractivity contribution in [2.24, 2.45) is 0 Å². The lowest BCUT2D eigenvalue weighted by Crippen LogP contribution is -2.26. The van der Waals surface area contributed by atoms with E-state index in [9.17, 15) is 4.79 Å². The summed E-state index contributed by atoms with van der Waals surface area (Å²) >= 11 is 0. The number of benzene rings is 1. The van der Waals surface area contributed by atoms with Gasteiger partial charge in [0.1, 0.15) is 5.75 Å². The molecule has 0 aliphatic heterocycles. The number of hydrogen-bond acceptors (Lipinski definition) is 2. The van der Waals surface area contributed by atoms with E-state index in [1.54, 1.807) is 0 Å². The number of aryl methyl sites for hydroxylation is 2. The van der Waals surface area contributed by atoms with E-state index >= 15 is 0 Å². The molecule has 3 heteroatoms. The normalized spacial score (nSPS) is 12.2. The van der Waals surface area contributed by atoms with E-state index in [0.29, 0.717) is 12.2 Å². The summed E-state index contributed by atoms with van der Waals surface area (Å²) in [7, 11) is 0. The molecule has 0 saturated heterocycles. The van der Waals surface area contributed by atoms with Crippen LogP contribution in [0.3, 0.4) is 0 Å². The Bertz CT molecular complexity index is 365. The molecule has 17 heavy (non-hydrogen) atoms. The van der Waals surface area contributed by atoms with Gasteiger partial charge in [-0.15, -0.1) is 0 Å². The van der Waals surface area contributed by atoms with Gasteiger partial charge in [-0.05, 0) is 49.9 Å². The predicted octanol–water partition coefficient (Wildman–Crippen LogP) is 3.33. The molecule has 0 spiro atoms. The first-order chi connectivity index (χ1) is 8.02. The van der Waals surface area contributed by atoms with Crippen molar-refractivity contribution < 1.29 is 14.6 Å². The van der Waals surface area contributed by atoms with Gasteiger partial charge in [0.2, 0.25) is 0 Å². The Labute approximate surface area is 102 Å². The van der Waals surface area contributed by atoms with Gasteiger partial charge in [-0.2, -0.15) is 0 Å². The highest BCUT2D eigenvalue weighted by Crippen LogP contribution is 2.19. The zero-order valence-electron chi connectivity index (χ0n) is 10.7. The van der Waals surface area contributed by atoms with Gasteiger partial charge in [-0.25, -0.2) is 4.79 Å². The van der Waals surface area contributed by atoms with E-state index in [4.69, 9.17) is 9.84 Å². The molecule has 1 aromatic rings. The monoisotopic (exact) mass is 236 g/mol. The summed E-state index contributed by atoms with van der Waals surface area (Å²) in [4.78, 5) is 11.1. The first kappa shape index (κ1) is 13.6. The molecule has 0 aliphatic carbocycles. The molecule has 1 rings (SSSR count). The Morgan fingerprint density at radius 2 is 1.88 bits per heavy atom. The highest BCUT2D eigenvalue weighted by Gasteiger charge is 2.18. The van der Waals surface area contributed by atoms with Crippen LogP contribution in [0.4, 0.5) is 0 Å². The number of hydrogen-bond donors (Lipinski definition) is 1. The molecule has 1 aromatic carbocycles. The van der Waals surface area contributed by atoms with Crippen LogP contribution in [0.2, 0.25) is 0 Å². The molecule has 0 heterocycles. The van der Waals surface area contributed by atoms with Gasteiger partial charge in [0, 0.05) is 0 Å². The van der Waals surface area contributed by atoms with Crippen molar-refractivity contribution in [3.63, 3.8) is 0 Å². The molecule has 0 amide bonds. The van der Waals surface area contributed by atoms with Gasteiger partial charge in [0.05, 0.1) is 0 Å². The molecule has 3 nitrogen and oxygen atoms in total. The van der Waals surface area contributed by atoms with Crippen LogP contribution < -0.4 is 4.74 Å². The van der Waals surface area contributed by atoms with Crippen molar-refractivity contribution in [1.29, 1.82) is 0 Å². The quantitative estimate of drug-likeness (QED) is 0.824. The Balaban J connectivity index is 2.74. The molecule has 0 aromatic heterocycles. The van der Waals surface area contributed by atoms with Crippen LogP contribution in [-0.2, 0) is 4.79 Å². The van der Waals surface area contributed by atoms with Gasteiger partial charge < -0.3 is 9.84 Å². The molecular weight excluding hydrogens is 216 g/mol. The number of unbranched alkanes of at least 4 members (excludes halogenated alkanes) is 1. The van der Waals surface area contributed by atoms with Gasteiger partial charge >= 0.3 is 5.97 Å². The predicted molar refractivity (Wildman–Crippen MR) is 67.5 cm³/mol. The molecule has 1 atom stereocenters. The smallest absolute Gasteiger partial charge is 0.344 e. The van der Waals surface area contributed by atoms with E-state index in [-0.39, 0.29) is 0 Å². The Kier molecular flexibility index (Phi) is 5.01. The van der Waals surface area contributed by atoms with Crippen molar-refractivity contribution in [3.8, 4) is 5.75 Å². The molecule has 0 radical (unpaired) electrons. The SMILES string of the molecule is CCCCC(Oc1cc(C)cc(C)c1)C(=O)O. The Morgan fingerprint density at radius 3 is 2.35 bits per heavy atom. The van der Waals surface area contributed by atoms with Crippen LogP contribution in [0.1, 0.15) is 37.3 Å². The van der Waals surface area contributed by atoms with Crippen molar-refractivity contribution in [1.82, 2.24) is 0 Å². The number of carbonyl (C=O) groups is 1. The Morgan fingerprint density at radius 1 is 1.29 bits per heavy atom. The van der Waals surface area contributed by atoms with Crippen molar-refractivity contribution >= 4 is 5.97 Å². The number of aliphatic carboxylic acids is 1. The minimum Gasteiger partial charge on any atom is -0.479 e. The number of carboxylic acid groups (broad SMARTS) is 1. The van der Waals surface area contributed by atoms with E-state index in [0.717, 1.165) is 24.0 Å². The maximum Gasteiger partial charge on any atom is 0.344 e. The van der Waals surface area contributed by atoms with Crippen LogP contribution in [0, 0.1) is 13.8 Å². The highest BCUT2D eigenvalue weighted by molar-refractivity contribution is 5.72. The summed E-state index contributed by atoms with van der Waals surface area (Å²) in [5.41, 5.74) is 2.17.